The molecule has 0 radical (unpaired) electrons. The molecule has 0 saturated carbocycles. The normalized spacial score (nSPS) is 7.89. The molecule has 0 atom stereocenters. The first kappa shape index (κ1) is 8.01. The predicted octanol–water partition coefficient (Wildman–Crippen LogP) is 1.09. The van der Waals surface area contributed by atoms with Crippen molar-refractivity contribution in [1.82, 2.24) is 5.32 Å². The van der Waals surface area contributed by atoms with Crippen LogP contribution in [0.1, 0.15) is 13.8 Å². The summed E-state index contributed by atoms with van der Waals surface area (Å²) in [4.78, 5) is 4.73. The van der Waals surface area contributed by atoms with Gasteiger partial charge in [0, 0.05) is 7.05 Å². The lowest BCUT2D eigenvalue weighted by molar-refractivity contribution is 0.210. The maximum atomic E-state index is 4.73. The predicted molar refractivity (Wildman–Crippen MR) is 38.1 cm³/mol. The van der Waals surface area contributed by atoms with Crippen LogP contribution in [-0.4, -0.2) is 12.8 Å². The van der Waals surface area contributed by atoms with Gasteiger partial charge >= 0.3 is 0 Å². The van der Waals surface area contributed by atoms with Gasteiger partial charge < -0.3 is 10.2 Å². The number of nitrogens with zero attached hydrogens (tertiary/aromatic N) is 1. The molecule has 0 heterocycles. The Morgan fingerprint density at radius 1 is 1.56 bits per heavy atom. The van der Waals surface area contributed by atoms with Crippen LogP contribution < -0.4 is 5.32 Å². The first-order valence-corrected chi connectivity index (χ1v) is 2.71. The highest BCUT2D eigenvalue weighted by atomic mass is 16.6. The van der Waals surface area contributed by atoms with Crippen molar-refractivity contribution in [2.45, 2.75) is 13.8 Å². The first-order valence-electron chi connectivity index (χ1n) is 2.71. The molecular formula is C6H12N2O. The van der Waals surface area contributed by atoms with E-state index in [1.807, 2.05) is 13.8 Å². The van der Waals surface area contributed by atoms with Gasteiger partial charge in [-0.1, -0.05) is 5.16 Å². The summed E-state index contributed by atoms with van der Waals surface area (Å²) in [7, 11) is 1.73. The summed E-state index contributed by atoms with van der Waals surface area (Å²) in [5.74, 6) is 0.455. The van der Waals surface area contributed by atoms with E-state index in [4.69, 9.17) is 4.84 Å². The fourth-order valence-electron chi connectivity index (χ4n) is 0.192. The molecule has 3 heteroatoms. The van der Waals surface area contributed by atoms with Gasteiger partial charge in [-0.3, -0.25) is 0 Å². The highest BCUT2D eigenvalue weighted by molar-refractivity contribution is 5.78. The lowest BCUT2D eigenvalue weighted by atomic mass is 10.5. The molecule has 0 fully saturated rings. The molecule has 0 aromatic carbocycles. The Kier molecular flexibility index (Phi) is 3.51. The lowest BCUT2D eigenvalue weighted by Crippen LogP contribution is -2.05. The van der Waals surface area contributed by atoms with E-state index in [0.717, 1.165) is 5.71 Å². The number of hydrogen-bond acceptors (Lipinski definition) is 3. The average molecular weight is 128 g/mol. The number of oxime groups is 1. The lowest BCUT2D eigenvalue weighted by Gasteiger charge is -1.99. The van der Waals surface area contributed by atoms with Crippen molar-refractivity contribution in [2.75, 3.05) is 7.05 Å². The van der Waals surface area contributed by atoms with Crippen molar-refractivity contribution >= 4 is 5.71 Å². The van der Waals surface area contributed by atoms with Crippen LogP contribution in [0.2, 0.25) is 0 Å². The van der Waals surface area contributed by atoms with E-state index in [1.54, 1.807) is 7.05 Å². The summed E-state index contributed by atoms with van der Waals surface area (Å²) in [5, 5.41) is 6.35. The second kappa shape index (κ2) is 3.95. The quantitative estimate of drug-likeness (QED) is 0.350. The van der Waals surface area contributed by atoms with E-state index in [-0.39, 0.29) is 0 Å². The topological polar surface area (TPSA) is 33.6 Å². The van der Waals surface area contributed by atoms with Crippen LogP contribution in [0.25, 0.3) is 0 Å². The maximum absolute atomic E-state index is 4.73. The fourth-order valence-corrected chi connectivity index (χ4v) is 0.192. The minimum atomic E-state index is 0.455. The van der Waals surface area contributed by atoms with Crippen LogP contribution >= 0.6 is 0 Å². The van der Waals surface area contributed by atoms with Crippen molar-refractivity contribution in [3.05, 3.63) is 12.5 Å². The van der Waals surface area contributed by atoms with Crippen LogP contribution in [-0.2, 0) is 4.84 Å². The zero-order chi connectivity index (χ0) is 7.28. The minimum Gasteiger partial charge on any atom is -0.358 e. The third-order valence-electron chi connectivity index (χ3n) is 0.617. The van der Waals surface area contributed by atoms with Crippen LogP contribution in [0.4, 0.5) is 0 Å². The molecule has 3 nitrogen and oxygen atoms in total. The summed E-state index contributed by atoms with van der Waals surface area (Å²) in [6, 6.07) is 0. The van der Waals surface area contributed by atoms with Crippen LogP contribution in [0.5, 0.6) is 0 Å². The molecule has 0 rings (SSSR count). The molecule has 0 aromatic heterocycles. The molecule has 52 valence electrons. The maximum Gasteiger partial charge on any atom is 0.215 e. The largest absolute Gasteiger partial charge is 0.358 e. The second-order valence-electron chi connectivity index (χ2n) is 1.80. The molecule has 0 spiro atoms. The second-order valence-corrected chi connectivity index (χ2v) is 1.80. The minimum absolute atomic E-state index is 0.455. The Morgan fingerprint density at radius 3 is 2.44 bits per heavy atom. The number of nitrogens with one attached hydrogen (secondary N) is 1. The highest BCUT2D eigenvalue weighted by Gasteiger charge is 1.84. The third kappa shape index (κ3) is 4.87. The SMILES string of the molecule is C=C(NC)ON=C(C)C. The van der Waals surface area contributed by atoms with Gasteiger partial charge in [-0.25, -0.2) is 0 Å². The van der Waals surface area contributed by atoms with Gasteiger partial charge in [-0.05, 0) is 20.4 Å². The van der Waals surface area contributed by atoms with Crippen molar-refractivity contribution in [2.24, 2.45) is 5.16 Å². The molecule has 0 unspecified atom stereocenters. The molecule has 9 heavy (non-hydrogen) atoms. The Labute approximate surface area is 55.4 Å². The average Bonchev–Trinajstić information content (AvgIpc) is 1.83. The molecule has 0 aliphatic heterocycles. The van der Waals surface area contributed by atoms with Crippen LogP contribution in [0.3, 0.4) is 0 Å². The standard InChI is InChI=1S/C6H12N2O/c1-5(2)8-9-6(3)7-4/h7H,3H2,1-2,4H3. The van der Waals surface area contributed by atoms with Crippen molar-refractivity contribution in [3.8, 4) is 0 Å². The molecule has 1 N–H and O–H groups in total. The molecule has 0 aliphatic rings. The van der Waals surface area contributed by atoms with Crippen LogP contribution in [0, 0.1) is 0 Å². The zero-order valence-electron chi connectivity index (χ0n) is 6.06. The Morgan fingerprint density at radius 2 is 2.11 bits per heavy atom. The van der Waals surface area contributed by atoms with Gasteiger partial charge in [-0.2, -0.15) is 0 Å². The molecular weight excluding hydrogens is 116 g/mol. The molecule has 0 amide bonds. The summed E-state index contributed by atoms with van der Waals surface area (Å²) in [6.07, 6.45) is 0. The monoisotopic (exact) mass is 128 g/mol. The smallest absolute Gasteiger partial charge is 0.215 e. The van der Waals surface area contributed by atoms with E-state index in [9.17, 15) is 0 Å². The van der Waals surface area contributed by atoms with Gasteiger partial charge in [0.2, 0.25) is 5.88 Å². The third-order valence-corrected chi connectivity index (χ3v) is 0.617. The first-order chi connectivity index (χ1) is 4.16. The summed E-state index contributed by atoms with van der Waals surface area (Å²) in [5.41, 5.74) is 0.867. The van der Waals surface area contributed by atoms with Crippen molar-refractivity contribution < 1.29 is 4.84 Å². The summed E-state index contributed by atoms with van der Waals surface area (Å²) < 4.78 is 0. The van der Waals surface area contributed by atoms with Gasteiger partial charge in [0.15, 0.2) is 0 Å². The summed E-state index contributed by atoms with van der Waals surface area (Å²) >= 11 is 0. The molecule has 0 aromatic rings. The molecule has 0 bridgehead atoms. The Balaban J connectivity index is 3.50. The van der Waals surface area contributed by atoms with E-state index in [1.165, 1.54) is 0 Å². The number of hydrogen-bond donors (Lipinski definition) is 1. The van der Waals surface area contributed by atoms with Gasteiger partial charge in [-0.15, -0.1) is 0 Å². The van der Waals surface area contributed by atoms with Crippen LogP contribution in [0.15, 0.2) is 17.6 Å². The highest BCUT2D eigenvalue weighted by Crippen LogP contribution is 1.87. The Bertz CT molecular complexity index is 125. The van der Waals surface area contributed by atoms with Gasteiger partial charge in [0.05, 0.1) is 5.71 Å². The van der Waals surface area contributed by atoms with Gasteiger partial charge in [0.25, 0.3) is 0 Å². The fraction of sp³-hybridized carbons (Fsp3) is 0.500. The Hall–Kier alpha value is -0.990. The molecule has 0 saturated heterocycles. The summed E-state index contributed by atoms with van der Waals surface area (Å²) in [6.45, 7) is 7.20. The number of rotatable bonds is 3. The molecule has 0 aliphatic carbocycles. The van der Waals surface area contributed by atoms with Crippen molar-refractivity contribution in [3.63, 3.8) is 0 Å². The van der Waals surface area contributed by atoms with E-state index >= 15 is 0 Å². The van der Waals surface area contributed by atoms with Crippen molar-refractivity contribution in [1.29, 1.82) is 0 Å². The van der Waals surface area contributed by atoms with E-state index in [2.05, 4.69) is 17.1 Å². The van der Waals surface area contributed by atoms with Gasteiger partial charge in [0.1, 0.15) is 0 Å². The zero-order valence-corrected chi connectivity index (χ0v) is 6.06. The van der Waals surface area contributed by atoms with E-state index in [0.29, 0.717) is 5.88 Å². The van der Waals surface area contributed by atoms with E-state index < -0.39 is 0 Å².